The van der Waals surface area contributed by atoms with Crippen LogP contribution in [0.2, 0.25) is 0 Å². The minimum atomic E-state index is 0.740. The number of hydrogen-bond donors (Lipinski definition) is 0. The van der Waals surface area contributed by atoms with Crippen LogP contribution in [-0.2, 0) is 11.3 Å². The molecule has 0 spiro atoms. The lowest BCUT2D eigenvalue weighted by molar-refractivity contribution is 0.115. The first kappa shape index (κ1) is 12.7. The van der Waals surface area contributed by atoms with Crippen LogP contribution in [0.5, 0.6) is 0 Å². The highest BCUT2D eigenvalue weighted by atomic mass is 79.9. The van der Waals surface area contributed by atoms with Gasteiger partial charge in [0.1, 0.15) is 0 Å². The fourth-order valence-electron chi connectivity index (χ4n) is 1.38. The molecule has 0 aliphatic rings. The summed E-state index contributed by atoms with van der Waals surface area (Å²) in [4.78, 5) is 0. The third kappa shape index (κ3) is 5.95. The van der Waals surface area contributed by atoms with Gasteiger partial charge in [-0.2, -0.15) is 0 Å². The van der Waals surface area contributed by atoms with Crippen LogP contribution >= 0.6 is 15.9 Å². The maximum Gasteiger partial charge on any atom is 0.0716 e. The smallest absolute Gasteiger partial charge is 0.0716 e. The first-order valence-electron chi connectivity index (χ1n) is 5.50. The van der Waals surface area contributed by atoms with E-state index >= 15 is 0 Å². The van der Waals surface area contributed by atoms with Crippen molar-refractivity contribution < 1.29 is 4.74 Å². The van der Waals surface area contributed by atoms with Crippen LogP contribution in [0.15, 0.2) is 30.3 Å². The molecule has 1 atom stereocenters. The molecule has 1 rings (SSSR count). The fraction of sp³-hybridized carbons (Fsp3) is 0.538. The largest absolute Gasteiger partial charge is 0.377 e. The van der Waals surface area contributed by atoms with Gasteiger partial charge in [-0.05, 0) is 24.3 Å². The number of halogens is 1. The molecule has 1 nitrogen and oxygen atoms in total. The Hall–Kier alpha value is -0.340. The second-order valence-electron chi connectivity index (χ2n) is 3.94. The van der Waals surface area contributed by atoms with Crippen molar-refractivity contribution in [1.82, 2.24) is 0 Å². The lowest BCUT2D eigenvalue weighted by Crippen LogP contribution is -2.00. The van der Waals surface area contributed by atoms with E-state index in [2.05, 4.69) is 35.0 Å². The standard InChI is InChI=1S/C13H19BrO/c1-12(10-14)6-5-9-15-11-13-7-3-2-4-8-13/h2-4,7-8,12H,5-6,9-11H2,1H3/t12-/m1/s1. The average Bonchev–Trinajstić information content (AvgIpc) is 2.29. The Morgan fingerprint density at radius 3 is 2.67 bits per heavy atom. The summed E-state index contributed by atoms with van der Waals surface area (Å²) in [5, 5.41) is 1.09. The molecular formula is C13H19BrO. The molecule has 0 radical (unpaired) electrons. The molecule has 0 aliphatic heterocycles. The van der Waals surface area contributed by atoms with E-state index in [9.17, 15) is 0 Å². The summed E-state index contributed by atoms with van der Waals surface area (Å²) < 4.78 is 5.60. The summed E-state index contributed by atoms with van der Waals surface area (Å²) in [7, 11) is 0. The fourth-order valence-corrected chi connectivity index (χ4v) is 1.70. The Morgan fingerprint density at radius 2 is 2.00 bits per heavy atom. The third-order valence-electron chi connectivity index (χ3n) is 2.36. The highest BCUT2D eigenvalue weighted by Crippen LogP contribution is 2.09. The van der Waals surface area contributed by atoms with Crippen molar-refractivity contribution in [2.24, 2.45) is 5.92 Å². The van der Waals surface area contributed by atoms with Crippen LogP contribution in [0.3, 0.4) is 0 Å². The van der Waals surface area contributed by atoms with Gasteiger partial charge >= 0.3 is 0 Å². The molecule has 15 heavy (non-hydrogen) atoms. The van der Waals surface area contributed by atoms with Crippen LogP contribution in [0.1, 0.15) is 25.3 Å². The molecule has 0 heterocycles. The van der Waals surface area contributed by atoms with Crippen LogP contribution in [0, 0.1) is 5.92 Å². The molecule has 0 fully saturated rings. The van der Waals surface area contributed by atoms with Crippen molar-refractivity contribution in [3.05, 3.63) is 35.9 Å². The van der Waals surface area contributed by atoms with Crippen molar-refractivity contribution in [2.75, 3.05) is 11.9 Å². The molecular weight excluding hydrogens is 252 g/mol. The summed E-state index contributed by atoms with van der Waals surface area (Å²) >= 11 is 3.48. The SMILES string of the molecule is C[C@@H](CBr)CCCOCc1ccccc1. The second-order valence-corrected chi connectivity index (χ2v) is 4.59. The van der Waals surface area contributed by atoms with Gasteiger partial charge < -0.3 is 4.74 Å². The number of rotatable bonds is 7. The molecule has 84 valence electrons. The number of hydrogen-bond acceptors (Lipinski definition) is 1. The molecule has 0 aliphatic carbocycles. The first-order chi connectivity index (χ1) is 7.33. The van der Waals surface area contributed by atoms with E-state index in [1.54, 1.807) is 0 Å². The van der Waals surface area contributed by atoms with Crippen molar-refractivity contribution in [1.29, 1.82) is 0 Å². The van der Waals surface area contributed by atoms with Crippen molar-refractivity contribution in [3.63, 3.8) is 0 Å². The van der Waals surface area contributed by atoms with Gasteiger partial charge in [-0.3, -0.25) is 0 Å². The highest BCUT2D eigenvalue weighted by molar-refractivity contribution is 9.09. The molecule has 0 bridgehead atoms. The average molecular weight is 271 g/mol. The van der Waals surface area contributed by atoms with Gasteiger partial charge in [0.25, 0.3) is 0 Å². The highest BCUT2D eigenvalue weighted by Gasteiger charge is 1.99. The predicted molar refractivity (Wildman–Crippen MR) is 68.3 cm³/mol. The van der Waals surface area contributed by atoms with Crippen LogP contribution in [-0.4, -0.2) is 11.9 Å². The quantitative estimate of drug-likeness (QED) is 0.537. The summed E-state index contributed by atoms with van der Waals surface area (Å²) in [5.41, 5.74) is 1.26. The lowest BCUT2D eigenvalue weighted by atomic mass is 10.1. The molecule has 2 heteroatoms. The van der Waals surface area contributed by atoms with E-state index in [4.69, 9.17) is 4.74 Å². The topological polar surface area (TPSA) is 9.23 Å². The van der Waals surface area contributed by atoms with Gasteiger partial charge in [0.2, 0.25) is 0 Å². The van der Waals surface area contributed by atoms with Gasteiger partial charge in [-0.15, -0.1) is 0 Å². The molecule has 0 unspecified atom stereocenters. The molecule has 0 N–H and O–H groups in total. The molecule has 0 amide bonds. The summed E-state index contributed by atoms with van der Waals surface area (Å²) in [5.74, 6) is 0.755. The minimum Gasteiger partial charge on any atom is -0.377 e. The zero-order chi connectivity index (χ0) is 10.9. The Kier molecular flexibility index (Phi) is 6.69. The molecule has 1 aromatic carbocycles. The summed E-state index contributed by atoms with van der Waals surface area (Å²) in [6.07, 6.45) is 2.39. The monoisotopic (exact) mass is 270 g/mol. The van der Waals surface area contributed by atoms with Crippen LogP contribution in [0.4, 0.5) is 0 Å². The number of ether oxygens (including phenoxy) is 1. The molecule has 0 saturated heterocycles. The predicted octanol–water partition coefficient (Wildman–Crippen LogP) is 4.01. The Morgan fingerprint density at radius 1 is 1.27 bits per heavy atom. The first-order valence-corrected chi connectivity index (χ1v) is 6.62. The summed E-state index contributed by atoms with van der Waals surface area (Å²) in [6.45, 7) is 3.86. The van der Waals surface area contributed by atoms with E-state index in [0.29, 0.717) is 0 Å². The molecule has 0 saturated carbocycles. The van der Waals surface area contributed by atoms with E-state index in [-0.39, 0.29) is 0 Å². The van der Waals surface area contributed by atoms with Gasteiger partial charge in [0.05, 0.1) is 6.61 Å². The van der Waals surface area contributed by atoms with Gasteiger partial charge in [0.15, 0.2) is 0 Å². The second kappa shape index (κ2) is 7.89. The molecule has 1 aromatic rings. The zero-order valence-corrected chi connectivity index (χ0v) is 10.9. The van der Waals surface area contributed by atoms with Gasteiger partial charge in [-0.25, -0.2) is 0 Å². The van der Waals surface area contributed by atoms with Gasteiger partial charge in [0, 0.05) is 11.9 Å². The number of benzene rings is 1. The van der Waals surface area contributed by atoms with Crippen molar-refractivity contribution >= 4 is 15.9 Å². The van der Waals surface area contributed by atoms with E-state index < -0.39 is 0 Å². The lowest BCUT2D eigenvalue weighted by Gasteiger charge is -2.07. The maximum absolute atomic E-state index is 5.60. The maximum atomic E-state index is 5.60. The number of alkyl halides is 1. The van der Waals surface area contributed by atoms with Crippen molar-refractivity contribution in [2.45, 2.75) is 26.4 Å². The van der Waals surface area contributed by atoms with Crippen LogP contribution in [0.25, 0.3) is 0 Å². The van der Waals surface area contributed by atoms with Gasteiger partial charge in [-0.1, -0.05) is 53.2 Å². The Labute approximate surface area is 101 Å². The van der Waals surface area contributed by atoms with E-state index in [1.807, 2.05) is 18.2 Å². The van der Waals surface area contributed by atoms with E-state index in [1.165, 1.54) is 12.0 Å². The minimum absolute atomic E-state index is 0.740. The van der Waals surface area contributed by atoms with E-state index in [0.717, 1.165) is 30.9 Å². The summed E-state index contributed by atoms with van der Waals surface area (Å²) in [6, 6.07) is 10.3. The third-order valence-corrected chi connectivity index (χ3v) is 3.47. The Bertz CT molecular complexity index is 248. The van der Waals surface area contributed by atoms with Crippen molar-refractivity contribution in [3.8, 4) is 0 Å². The Balaban J connectivity index is 2.03. The van der Waals surface area contributed by atoms with Crippen LogP contribution < -0.4 is 0 Å². The zero-order valence-electron chi connectivity index (χ0n) is 9.29. The normalized spacial score (nSPS) is 12.7. The molecule has 0 aromatic heterocycles.